The normalized spacial score (nSPS) is 12.6. The van der Waals surface area contributed by atoms with Crippen molar-refractivity contribution in [1.82, 2.24) is 15.2 Å². The first-order chi connectivity index (χ1) is 8.20. The summed E-state index contributed by atoms with van der Waals surface area (Å²) >= 11 is 5.11. The first-order valence-corrected chi connectivity index (χ1v) is 6.88. The van der Waals surface area contributed by atoms with Crippen LogP contribution in [0, 0.1) is 6.92 Å². The lowest BCUT2D eigenvalue weighted by Crippen LogP contribution is -2.10. The van der Waals surface area contributed by atoms with Crippen LogP contribution in [0.25, 0.3) is 0 Å². The van der Waals surface area contributed by atoms with Crippen LogP contribution < -0.4 is 5.73 Å². The fourth-order valence-corrected chi connectivity index (χ4v) is 3.16. The topological polar surface area (TPSA) is 67.6 Å². The molecule has 90 valence electrons. The summed E-state index contributed by atoms with van der Waals surface area (Å²) < 4.78 is 1.07. The van der Waals surface area contributed by atoms with Crippen LogP contribution in [0.4, 0.5) is 0 Å². The van der Waals surface area contributed by atoms with Crippen LogP contribution in [0.3, 0.4) is 0 Å². The Morgan fingerprint density at radius 3 is 2.82 bits per heavy atom. The summed E-state index contributed by atoms with van der Waals surface area (Å²) in [6.45, 7) is 2.42. The second-order valence-electron chi connectivity index (χ2n) is 3.57. The van der Waals surface area contributed by atoms with Gasteiger partial charge in [-0.25, -0.2) is 4.98 Å². The quantitative estimate of drug-likeness (QED) is 0.852. The zero-order valence-electron chi connectivity index (χ0n) is 9.35. The van der Waals surface area contributed by atoms with Crippen LogP contribution in [0.5, 0.6) is 0 Å². The van der Waals surface area contributed by atoms with Gasteiger partial charge in [0.05, 0.1) is 5.25 Å². The minimum Gasteiger partial charge on any atom is -0.329 e. The molecule has 17 heavy (non-hydrogen) atoms. The van der Waals surface area contributed by atoms with Gasteiger partial charge in [0, 0.05) is 11.0 Å². The number of aromatic nitrogens is 3. The number of rotatable bonds is 4. The van der Waals surface area contributed by atoms with Crippen molar-refractivity contribution in [3.63, 3.8) is 0 Å². The largest absolute Gasteiger partial charge is 0.329 e. The van der Waals surface area contributed by atoms with Gasteiger partial charge in [-0.05, 0) is 18.6 Å². The monoisotopic (exact) mass is 312 g/mol. The lowest BCUT2D eigenvalue weighted by Gasteiger charge is -2.14. The molecular weight excluding hydrogens is 300 g/mol. The second kappa shape index (κ2) is 5.66. The highest BCUT2D eigenvalue weighted by Crippen LogP contribution is 2.35. The van der Waals surface area contributed by atoms with Crippen molar-refractivity contribution in [3.8, 4) is 0 Å². The van der Waals surface area contributed by atoms with E-state index in [1.54, 1.807) is 11.8 Å². The van der Waals surface area contributed by atoms with Crippen molar-refractivity contribution in [2.75, 3.05) is 6.54 Å². The SMILES string of the molecule is Cc1nc(SC(CN)c2ccccc2Br)n[nH]1. The highest BCUT2D eigenvalue weighted by Gasteiger charge is 2.16. The van der Waals surface area contributed by atoms with E-state index in [9.17, 15) is 0 Å². The van der Waals surface area contributed by atoms with E-state index in [0.29, 0.717) is 6.54 Å². The minimum atomic E-state index is 0.153. The maximum atomic E-state index is 5.82. The molecule has 1 unspecified atom stereocenters. The lowest BCUT2D eigenvalue weighted by molar-refractivity contribution is 0.910. The zero-order valence-corrected chi connectivity index (χ0v) is 11.8. The zero-order chi connectivity index (χ0) is 12.3. The van der Waals surface area contributed by atoms with Gasteiger partial charge in [-0.3, -0.25) is 5.10 Å². The number of nitrogens with zero attached hydrogens (tertiary/aromatic N) is 2. The molecule has 0 saturated heterocycles. The number of hydrogen-bond donors (Lipinski definition) is 2. The number of hydrogen-bond acceptors (Lipinski definition) is 4. The van der Waals surface area contributed by atoms with Crippen LogP contribution in [0.2, 0.25) is 0 Å². The van der Waals surface area contributed by atoms with E-state index in [-0.39, 0.29) is 5.25 Å². The molecule has 1 aromatic carbocycles. The third-order valence-corrected chi connectivity index (χ3v) is 4.14. The molecule has 0 aliphatic carbocycles. The molecule has 0 fully saturated rings. The van der Waals surface area contributed by atoms with Crippen LogP contribution >= 0.6 is 27.7 Å². The Bertz CT molecular complexity index is 500. The van der Waals surface area contributed by atoms with Gasteiger partial charge in [0.1, 0.15) is 5.82 Å². The van der Waals surface area contributed by atoms with Gasteiger partial charge < -0.3 is 5.73 Å². The number of benzene rings is 1. The van der Waals surface area contributed by atoms with E-state index in [1.165, 1.54) is 5.56 Å². The molecule has 6 heteroatoms. The van der Waals surface area contributed by atoms with E-state index in [2.05, 4.69) is 37.2 Å². The molecule has 0 aliphatic rings. The number of aryl methyl sites for hydroxylation is 1. The Morgan fingerprint density at radius 1 is 1.47 bits per heavy atom. The number of aromatic amines is 1. The molecule has 0 amide bonds. The Balaban J connectivity index is 2.20. The van der Waals surface area contributed by atoms with Gasteiger partial charge in [0.15, 0.2) is 0 Å². The lowest BCUT2D eigenvalue weighted by atomic mass is 10.1. The summed E-state index contributed by atoms with van der Waals surface area (Å²) in [5.74, 6) is 0.815. The summed E-state index contributed by atoms with van der Waals surface area (Å²) in [4.78, 5) is 4.28. The molecule has 0 spiro atoms. The van der Waals surface area contributed by atoms with Crippen molar-refractivity contribution in [3.05, 3.63) is 40.1 Å². The smallest absolute Gasteiger partial charge is 0.209 e. The Hall–Kier alpha value is -0.850. The summed E-state index contributed by atoms with van der Waals surface area (Å²) in [7, 11) is 0. The van der Waals surface area contributed by atoms with Crippen molar-refractivity contribution in [2.24, 2.45) is 5.73 Å². The Morgan fingerprint density at radius 2 is 2.24 bits per heavy atom. The van der Waals surface area contributed by atoms with Crippen molar-refractivity contribution in [1.29, 1.82) is 0 Å². The van der Waals surface area contributed by atoms with Crippen molar-refractivity contribution < 1.29 is 0 Å². The highest BCUT2D eigenvalue weighted by atomic mass is 79.9. The summed E-state index contributed by atoms with van der Waals surface area (Å²) in [6.07, 6.45) is 0. The predicted octanol–water partition coefficient (Wildman–Crippen LogP) is 2.67. The van der Waals surface area contributed by atoms with Gasteiger partial charge >= 0.3 is 0 Å². The van der Waals surface area contributed by atoms with E-state index < -0.39 is 0 Å². The average Bonchev–Trinajstić information content (AvgIpc) is 2.73. The third-order valence-electron chi connectivity index (χ3n) is 2.29. The summed E-state index contributed by atoms with van der Waals surface area (Å²) in [6, 6.07) is 8.07. The molecule has 1 aromatic heterocycles. The Kier molecular flexibility index (Phi) is 4.20. The molecule has 0 aliphatic heterocycles. The van der Waals surface area contributed by atoms with Crippen LogP contribution in [0.1, 0.15) is 16.6 Å². The molecule has 0 radical (unpaired) electrons. The molecule has 3 N–H and O–H groups in total. The fourth-order valence-electron chi connectivity index (χ4n) is 1.48. The van der Waals surface area contributed by atoms with Crippen molar-refractivity contribution >= 4 is 27.7 Å². The Labute approximate surface area is 113 Å². The average molecular weight is 313 g/mol. The molecule has 0 bridgehead atoms. The maximum absolute atomic E-state index is 5.82. The molecule has 2 aromatic rings. The van der Waals surface area contributed by atoms with E-state index in [1.807, 2.05) is 25.1 Å². The molecule has 2 rings (SSSR count). The second-order valence-corrected chi connectivity index (χ2v) is 5.59. The first-order valence-electron chi connectivity index (χ1n) is 5.21. The summed E-state index contributed by atoms with van der Waals surface area (Å²) in [5, 5.41) is 7.83. The van der Waals surface area contributed by atoms with Crippen LogP contribution in [-0.2, 0) is 0 Å². The van der Waals surface area contributed by atoms with Crippen LogP contribution in [0.15, 0.2) is 33.9 Å². The highest BCUT2D eigenvalue weighted by molar-refractivity contribution is 9.10. The molecule has 0 saturated carbocycles. The molecule has 1 atom stereocenters. The van der Waals surface area contributed by atoms with E-state index >= 15 is 0 Å². The first kappa shape index (κ1) is 12.6. The predicted molar refractivity (Wildman–Crippen MR) is 72.9 cm³/mol. The molecule has 1 heterocycles. The van der Waals surface area contributed by atoms with Crippen molar-refractivity contribution in [2.45, 2.75) is 17.3 Å². The van der Waals surface area contributed by atoms with Gasteiger partial charge in [0.2, 0.25) is 5.16 Å². The number of nitrogens with one attached hydrogen (secondary N) is 1. The molecular formula is C11H13BrN4S. The van der Waals surface area contributed by atoms with Gasteiger partial charge in [-0.15, -0.1) is 5.10 Å². The van der Waals surface area contributed by atoms with Gasteiger partial charge in [0.25, 0.3) is 0 Å². The minimum absolute atomic E-state index is 0.153. The third kappa shape index (κ3) is 3.08. The van der Waals surface area contributed by atoms with Crippen LogP contribution in [-0.4, -0.2) is 21.7 Å². The number of thioether (sulfide) groups is 1. The number of nitrogens with two attached hydrogens (primary N) is 1. The van der Waals surface area contributed by atoms with E-state index in [4.69, 9.17) is 5.73 Å². The number of H-pyrrole nitrogens is 1. The fraction of sp³-hybridized carbons (Fsp3) is 0.273. The molecule has 4 nitrogen and oxygen atoms in total. The van der Waals surface area contributed by atoms with Gasteiger partial charge in [-0.1, -0.05) is 45.9 Å². The standard InChI is InChI=1S/C11H13BrN4S/c1-7-14-11(16-15-7)17-10(6-13)8-4-2-3-5-9(8)12/h2-5,10H,6,13H2,1H3,(H,14,15,16). The van der Waals surface area contributed by atoms with E-state index in [0.717, 1.165) is 15.5 Å². The van der Waals surface area contributed by atoms with Gasteiger partial charge in [-0.2, -0.15) is 0 Å². The number of halogens is 1. The maximum Gasteiger partial charge on any atom is 0.209 e. The summed E-state index contributed by atoms with van der Waals surface area (Å²) in [5.41, 5.74) is 6.99.